The van der Waals surface area contributed by atoms with Crippen LogP contribution in [0.3, 0.4) is 0 Å². The molecular weight excluding hydrogens is 406 g/mol. The standard InChI is InChI=1S/C22H20F2N4O3/c1-14-21(19(30)10-15-11-25-27(12-15)8-9-29)28-7-3-6-20(22(28)26-14)31-13-16-17(23)4-2-5-18(16)24/h2-7,11-12,29H,8-10,13H2,1H3. The highest BCUT2D eigenvalue weighted by Crippen LogP contribution is 2.25. The number of carbonyl (C=O) groups excluding carboxylic acids is 1. The summed E-state index contributed by atoms with van der Waals surface area (Å²) in [6.45, 7) is 1.72. The van der Waals surface area contributed by atoms with Crippen LogP contribution in [0.2, 0.25) is 0 Å². The number of imidazole rings is 1. The summed E-state index contributed by atoms with van der Waals surface area (Å²) in [7, 11) is 0. The summed E-state index contributed by atoms with van der Waals surface area (Å²) in [5, 5.41) is 13.1. The molecule has 0 unspecified atom stereocenters. The number of fused-ring (bicyclic) bond motifs is 1. The van der Waals surface area contributed by atoms with Gasteiger partial charge in [-0.1, -0.05) is 6.07 Å². The number of ketones is 1. The van der Waals surface area contributed by atoms with Gasteiger partial charge in [0.1, 0.15) is 23.9 Å². The highest BCUT2D eigenvalue weighted by Gasteiger charge is 2.20. The SMILES string of the molecule is Cc1nc2c(OCc3c(F)cccc3F)cccn2c1C(=O)Cc1cnn(CCO)c1. The Morgan fingerprint density at radius 3 is 2.71 bits per heavy atom. The Morgan fingerprint density at radius 2 is 1.97 bits per heavy atom. The van der Waals surface area contributed by atoms with Gasteiger partial charge in [-0.2, -0.15) is 5.10 Å². The van der Waals surface area contributed by atoms with Gasteiger partial charge >= 0.3 is 0 Å². The van der Waals surface area contributed by atoms with Crippen molar-refractivity contribution in [3.8, 4) is 5.75 Å². The Kier molecular flexibility index (Phi) is 5.77. The summed E-state index contributed by atoms with van der Waals surface area (Å²) in [6, 6.07) is 6.94. The van der Waals surface area contributed by atoms with Crippen molar-refractivity contribution in [3.63, 3.8) is 0 Å². The molecule has 31 heavy (non-hydrogen) atoms. The van der Waals surface area contributed by atoms with Gasteiger partial charge < -0.3 is 9.84 Å². The van der Waals surface area contributed by atoms with Gasteiger partial charge in [-0.05, 0) is 36.8 Å². The van der Waals surface area contributed by atoms with Gasteiger partial charge in [0.05, 0.1) is 30.6 Å². The maximum atomic E-state index is 13.9. The third kappa shape index (κ3) is 4.17. The van der Waals surface area contributed by atoms with E-state index in [0.29, 0.717) is 29.3 Å². The van der Waals surface area contributed by atoms with Gasteiger partial charge in [-0.25, -0.2) is 13.8 Å². The molecule has 0 saturated carbocycles. The molecule has 0 aliphatic heterocycles. The van der Waals surface area contributed by atoms with Gasteiger partial charge in [0.15, 0.2) is 17.2 Å². The van der Waals surface area contributed by atoms with Crippen LogP contribution in [-0.2, 0) is 19.6 Å². The first-order valence-electron chi connectivity index (χ1n) is 9.66. The maximum Gasteiger partial charge on any atom is 0.185 e. The van der Waals surface area contributed by atoms with E-state index in [1.807, 2.05) is 0 Å². The number of hydrogen-bond donors (Lipinski definition) is 1. The van der Waals surface area contributed by atoms with Crippen LogP contribution < -0.4 is 4.74 Å². The molecule has 0 atom stereocenters. The van der Waals surface area contributed by atoms with Gasteiger partial charge in [-0.15, -0.1) is 0 Å². The lowest BCUT2D eigenvalue weighted by Crippen LogP contribution is -2.09. The molecule has 0 radical (unpaired) electrons. The predicted octanol–water partition coefficient (Wildman–Crippen LogP) is 3.11. The van der Waals surface area contributed by atoms with Crippen molar-refractivity contribution in [2.75, 3.05) is 6.61 Å². The van der Waals surface area contributed by atoms with E-state index in [1.54, 1.807) is 46.7 Å². The Morgan fingerprint density at radius 1 is 1.19 bits per heavy atom. The number of carbonyl (C=O) groups is 1. The Labute approximate surface area is 176 Å². The molecule has 3 aromatic heterocycles. The van der Waals surface area contributed by atoms with Crippen LogP contribution >= 0.6 is 0 Å². The number of ether oxygens (including phenoxy) is 1. The summed E-state index contributed by atoms with van der Waals surface area (Å²) in [5.41, 5.74) is 1.84. The average Bonchev–Trinajstić information content (AvgIpc) is 3.31. The molecule has 9 heteroatoms. The largest absolute Gasteiger partial charge is 0.485 e. The lowest BCUT2D eigenvalue weighted by molar-refractivity contribution is 0.0986. The third-order valence-electron chi connectivity index (χ3n) is 4.87. The molecule has 0 fully saturated rings. The fourth-order valence-electron chi connectivity index (χ4n) is 3.42. The quantitative estimate of drug-likeness (QED) is 0.438. The number of aromatic nitrogens is 4. The molecule has 7 nitrogen and oxygen atoms in total. The van der Waals surface area contributed by atoms with Crippen molar-refractivity contribution in [2.45, 2.75) is 26.5 Å². The van der Waals surface area contributed by atoms with Crippen LogP contribution in [0.4, 0.5) is 8.78 Å². The number of hydrogen-bond acceptors (Lipinski definition) is 5. The van der Waals surface area contributed by atoms with Crippen molar-refractivity contribution in [1.82, 2.24) is 19.2 Å². The molecule has 0 spiro atoms. The Hall–Kier alpha value is -3.59. The summed E-state index contributed by atoms with van der Waals surface area (Å²) in [6.07, 6.45) is 5.10. The zero-order valence-corrected chi connectivity index (χ0v) is 16.8. The van der Waals surface area contributed by atoms with E-state index in [-0.39, 0.29) is 31.0 Å². The van der Waals surface area contributed by atoms with Crippen LogP contribution in [0.1, 0.15) is 27.3 Å². The fourth-order valence-corrected chi connectivity index (χ4v) is 3.42. The average molecular weight is 426 g/mol. The van der Waals surface area contributed by atoms with Crippen LogP contribution in [-0.4, -0.2) is 36.7 Å². The van der Waals surface area contributed by atoms with Gasteiger partial charge in [0.25, 0.3) is 0 Å². The van der Waals surface area contributed by atoms with Crippen molar-refractivity contribution in [3.05, 3.63) is 83.1 Å². The number of nitrogens with zero attached hydrogens (tertiary/aromatic N) is 4. The zero-order chi connectivity index (χ0) is 22.0. The Bertz CT molecular complexity index is 1230. The first-order chi connectivity index (χ1) is 15.0. The lowest BCUT2D eigenvalue weighted by atomic mass is 10.1. The molecule has 1 aromatic carbocycles. The first kappa shape index (κ1) is 20.7. The van der Waals surface area contributed by atoms with Crippen molar-refractivity contribution < 1.29 is 23.4 Å². The minimum atomic E-state index is -0.691. The molecule has 0 bridgehead atoms. The molecule has 3 heterocycles. The van der Waals surface area contributed by atoms with E-state index in [9.17, 15) is 13.6 Å². The number of rotatable bonds is 8. The molecule has 0 aliphatic carbocycles. The number of halogens is 2. The number of pyridine rings is 1. The van der Waals surface area contributed by atoms with E-state index in [0.717, 1.165) is 5.56 Å². The van der Waals surface area contributed by atoms with E-state index in [1.165, 1.54) is 18.2 Å². The van der Waals surface area contributed by atoms with Gasteiger partial charge in [-0.3, -0.25) is 13.9 Å². The molecule has 4 rings (SSSR count). The predicted molar refractivity (Wildman–Crippen MR) is 108 cm³/mol. The van der Waals surface area contributed by atoms with Crippen LogP contribution in [0.15, 0.2) is 48.9 Å². The van der Waals surface area contributed by atoms with Crippen molar-refractivity contribution in [2.24, 2.45) is 0 Å². The Balaban J connectivity index is 1.59. The highest BCUT2D eigenvalue weighted by atomic mass is 19.1. The summed E-state index contributed by atoms with van der Waals surface area (Å²) in [4.78, 5) is 17.4. The number of aryl methyl sites for hydroxylation is 1. The van der Waals surface area contributed by atoms with Crippen LogP contribution in [0, 0.1) is 18.6 Å². The number of benzene rings is 1. The number of aliphatic hydroxyl groups is 1. The minimum Gasteiger partial charge on any atom is -0.485 e. The van der Waals surface area contributed by atoms with Crippen LogP contribution in [0.5, 0.6) is 5.75 Å². The summed E-state index contributed by atoms with van der Waals surface area (Å²) in [5.74, 6) is -1.23. The minimum absolute atomic E-state index is 0.0407. The molecular formula is C22H20F2N4O3. The molecule has 0 saturated heterocycles. The first-order valence-corrected chi connectivity index (χ1v) is 9.66. The monoisotopic (exact) mass is 426 g/mol. The normalized spacial score (nSPS) is 11.2. The highest BCUT2D eigenvalue weighted by molar-refractivity contribution is 5.98. The number of aliphatic hydroxyl groups excluding tert-OH is 1. The van der Waals surface area contributed by atoms with E-state index in [4.69, 9.17) is 9.84 Å². The van der Waals surface area contributed by atoms with E-state index >= 15 is 0 Å². The van der Waals surface area contributed by atoms with Crippen molar-refractivity contribution in [1.29, 1.82) is 0 Å². The van der Waals surface area contributed by atoms with Crippen molar-refractivity contribution >= 4 is 11.4 Å². The molecule has 4 aromatic rings. The molecule has 0 aliphatic rings. The second-order valence-corrected chi connectivity index (χ2v) is 7.04. The third-order valence-corrected chi connectivity index (χ3v) is 4.87. The van der Waals surface area contributed by atoms with Gasteiger partial charge in [0.2, 0.25) is 0 Å². The number of Topliss-reactive ketones (excluding diaryl/α,β-unsaturated/α-hetero) is 1. The maximum absolute atomic E-state index is 13.9. The van der Waals surface area contributed by atoms with Crippen LogP contribution in [0.25, 0.3) is 5.65 Å². The summed E-state index contributed by atoms with van der Waals surface area (Å²) >= 11 is 0. The molecule has 160 valence electrons. The topological polar surface area (TPSA) is 81.7 Å². The fraction of sp³-hybridized carbons (Fsp3) is 0.227. The zero-order valence-electron chi connectivity index (χ0n) is 16.8. The van der Waals surface area contributed by atoms with E-state index < -0.39 is 11.6 Å². The van der Waals surface area contributed by atoms with Gasteiger partial charge in [0, 0.05) is 18.8 Å². The molecule has 0 amide bonds. The summed E-state index contributed by atoms with van der Waals surface area (Å²) < 4.78 is 36.6. The molecule has 1 N–H and O–H groups in total. The second kappa shape index (κ2) is 8.65. The van der Waals surface area contributed by atoms with E-state index in [2.05, 4.69) is 10.1 Å². The second-order valence-electron chi connectivity index (χ2n) is 7.04. The lowest BCUT2D eigenvalue weighted by Gasteiger charge is -2.09. The smallest absolute Gasteiger partial charge is 0.185 e.